The highest BCUT2D eigenvalue weighted by atomic mass is 32.1. The number of benzene rings is 1. The number of nitrogens with one attached hydrogen (secondary N) is 1. The molecule has 1 amide bonds. The van der Waals surface area contributed by atoms with E-state index in [1.807, 2.05) is 31.2 Å². The molecule has 0 saturated heterocycles. The summed E-state index contributed by atoms with van der Waals surface area (Å²) in [4.78, 5) is 23.8. The van der Waals surface area contributed by atoms with Crippen molar-refractivity contribution >= 4 is 28.2 Å². The van der Waals surface area contributed by atoms with Crippen molar-refractivity contribution in [2.75, 3.05) is 11.9 Å². The van der Waals surface area contributed by atoms with E-state index in [1.54, 1.807) is 18.4 Å². The van der Waals surface area contributed by atoms with Gasteiger partial charge in [0.25, 0.3) is 0 Å². The molecule has 0 saturated carbocycles. The lowest BCUT2D eigenvalue weighted by molar-refractivity contribution is -0.115. The van der Waals surface area contributed by atoms with Crippen molar-refractivity contribution in [1.29, 1.82) is 0 Å². The van der Waals surface area contributed by atoms with E-state index in [0.717, 1.165) is 11.1 Å². The van der Waals surface area contributed by atoms with Gasteiger partial charge in [-0.3, -0.25) is 4.79 Å². The van der Waals surface area contributed by atoms with Crippen molar-refractivity contribution < 1.29 is 14.3 Å². The number of hydrogen-bond donors (Lipinski definition) is 1. The molecule has 0 aliphatic carbocycles. The van der Waals surface area contributed by atoms with Crippen molar-refractivity contribution in [1.82, 2.24) is 0 Å². The first kappa shape index (κ1) is 15.3. The Kier molecular flexibility index (Phi) is 5.11. The lowest BCUT2D eigenvalue weighted by atomic mass is 10.1. The zero-order valence-electron chi connectivity index (χ0n) is 12.0. The van der Waals surface area contributed by atoms with Crippen LogP contribution in [-0.2, 0) is 16.0 Å². The number of rotatable bonds is 5. The predicted octanol–water partition coefficient (Wildman–Crippen LogP) is 3.41. The van der Waals surface area contributed by atoms with Gasteiger partial charge in [-0.15, -0.1) is 11.3 Å². The molecule has 0 spiro atoms. The molecule has 5 heteroatoms. The Bertz CT molecular complexity index is 648. The topological polar surface area (TPSA) is 55.4 Å². The van der Waals surface area contributed by atoms with Gasteiger partial charge in [-0.05, 0) is 30.9 Å². The molecule has 0 bridgehead atoms. The van der Waals surface area contributed by atoms with Gasteiger partial charge in [0.2, 0.25) is 5.91 Å². The van der Waals surface area contributed by atoms with Gasteiger partial charge in [-0.1, -0.05) is 29.8 Å². The van der Waals surface area contributed by atoms with Crippen LogP contribution in [0.3, 0.4) is 0 Å². The van der Waals surface area contributed by atoms with Crippen LogP contribution in [0.15, 0.2) is 35.7 Å². The number of carbonyl (C=O) groups excluding carboxylic acids is 2. The zero-order valence-corrected chi connectivity index (χ0v) is 12.8. The average molecular weight is 303 g/mol. The van der Waals surface area contributed by atoms with Gasteiger partial charge in [0.1, 0.15) is 5.00 Å². The molecule has 1 heterocycles. The highest BCUT2D eigenvalue weighted by Crippen LogP contribution is 2.24. The Labute approximate surface area is 127 Å². The summed E-state index contributed by atoms with van der Waals surface area (Å²) in [6, 6.07) is 9.45. The third-order valence-corrected chi connectivity index (χ3v) is 3.69. The molecule has 21 heavy (non-hydrogen) atoms. The van der Waals surface area contributed by atoms with Crippen LogP contribution in [0, 0.1) is 6.92 Å². The highest BCUT2D eigenvalue weighted by molar-refractivity contribution is 7.14. The second-order valence-corrected chi connectivity index (χ2v) is 5.51. The van der Waals surface area contributed by atoms with Crippen LogP contribution in [0.2, 0.25) is 0 Å². The molecule has 0 aliphatic rings. The Morgan fingerprint density at radius 1 is 1.29 bits per heavy atom. The summed E-state index contributed by atoms with van der Waals surface area (Å²) in [6.45, 7) is 4.05. The summed E-state index contributed by atoms with van der Waals surface area (Å²) in [5.74, 6) is -0.557. The maximum Gasteiger partial charge on any atom is 0.341 e. The first-order valence-electron chi connectivity index (χ1n) is 6.70. The van der Waals surface area contributed by atoms with E-state index in [9.17, 15) is 9.59 Å². The number of carbonyl (C=O) groups is 2. The van der Waals surface area contributed by atoms with Gasteiger partial charge < -0.3 is 10.1 Å². The standard InChI is InChI=1S/C16H17NO3S/c1-3-20-16(19)13-7-8-21-15(13)17-14(18)10-12-6-4-5-11(2)9-12/h4-9H,3,10H2,1-2H3,(H,17,18). The fourth-order valence-electron chi connectivity index (χ4n) is 1.95. The Morgan fingerprint density at radius 3 is 2.81 bits per heavy atom. The molecule has 4 nitrogen and oxygen atoms in total. The van der Waals surface area contributed by atoms with Crippen LogP contribution in [-0.4, -0.2) is 18.5 Å². The van der Waals surface area contributed by atoms with Crippen molar-refractivity contribution in [3.05, 3.63) is 52.4 Å². The third-order valence-electron chi connectivity index (χ3n) is 2.86. The molecular formula is C16H17NO3S. The fraction of sp³-hybridized carbons (Fsp3) is 0.250. The van der Waals surface area contributed by atoms with E-state index >= 15 is 0 Å². The lowest BCUT2D eigenvalue weighted by Gasteiger charge is -2.06. The summed E-state index contributed by atoms with van der Waals surface area (Å²) >= 11 is 1.31. The largest absolute Gasteiger partial charge is 0.462 e. The molecule has 1 aromatic carbocycles. The number of anilines is 1. The van der Waals surface area contributed by atoms with Crippen molar-refractivity contribution in [2.24, 2.45) is 0 Å². The van der Waals surface area contributed by atoms with Gasteiger partial charge in [0.05, 0.1) is 18.6 Å². The Hall–Kier alpha value is -2.14. The van der Waals surface area contributed by atoms with Crippen molar-refractivity contribution in [2.45, 2.75) is 20.3 Å². The van der Waals surface area contributed by atoms with Crippen LogP contribution >= 0.6 is 11.3 Å². The van der Waals surface area contributed by atoms with Crippen molar-refractivity contribution in [3.63, 3.8) is 0 Å². The molecule has 2 aromatic rings. The second kappa shape index (κ2) is 7.04. The summed E-state index contributed by atoms with van der Waals surface area (Å²) in [5, 5.41) is 5.07. The van der Waals surface area contributed by atoms with Crippen LogP contribution < -0.4 is 5.32 Å². The van der Waals surface area contributed by atoms with Gasteiger partial charge in [0, 0.05) is 0 Å². The SMILES string of the molecule is CCOC(=O)c1ccsc1NC(=O)Cc1cccc(C)c1. The van der Waals surface area contributed by atoms with Crippen molar-refractivity contribution in [3.8, 4) is 0 Å². The average Bonchev–Trinajstić information content (AvgIpc) is 2.87. The van der Waals surface area contributed by atoms with E-state index in [0.29, 0.717) is 17.2 Å². The zero-order chi connectivity index (χ0) is 15.2. The Balaban J connectivity index is 2.03. The molecule has 0 unspecified atom stereocenters. The monoisotopic (exact) mass is 303 g/mol. The highest BCUT2D eigenvalue weighted by Gasteiger charge is 2.16. The van der Waals surface area contributed by atoms with Gasteiger partial charge in [-0.2, -0.15) is 0 Å². The van der Waals surface area contributed by atoms with Gasteiger partial charge in [-0.25, -0.2) is 4.79 Å². The first-order chi connectivity index (χ1) is 10.1. The summed E-state index contributed by atoms with van der Waals surface area (Å²) < 4.78 is 4.96. The molecule has 1 aromatic heterocycles. The summed E-state index contributed by atoms with van der Waals surface area (Å²) in [7, 11) is 0. The number of thiophene rings is 1. The smallest absolute Gasteiger partial charge is 0.341 e. The normalized spacial score (nSPS) is 10.2. The molecule has 110 valence electrons. The molecule has 2 rings (SSSR count). The van der Waals surface area contributed by atoms with E-state index in [4.69, 9.17) is 4.74 Å². The van der Waals surface area contributed by atoms with E-state index in [2.05, 4.69) is 5.32 Å². The van der Waals surface area contributed by atoms with Crippen LogP contribution in [0.25, 0.3) is 0 Å². The minimum Gasteiger partial charge on any atom is -0.462 e. The minimum atomic E-state index is -0.412. The van der Waals surface area contributed by atoms with Gasteiger partial charge >= 0.3 is 5.97 Å². The second-order valence-electron chi connectivity index (χ2n) is 4.60. The maximum atomic E-state index is 12.1. The summed E-state index contributed by atoms with van der Waals surface area (Å²) in [6.07, 6.45) is 0.280. The molecular weight excluding hydrogens is 286 g/mol. The fourth-order valence-corrected chi connectivity index (χ4v) is 2.75. The quantitative estimate of drug-likeness (QED) is 0.861. The number of ether oxygens (including phenoxy) is 1. The molecule has 0 fully saturated rings. The number of hydrogen-bond acceptors (Lipinski definition) is 4. The Morgan fingerprint density at radius 2 is 2.10 bits per heavy atom. The lowest BCUT2D eigenvalue weighted by Crippen LogP contribution is -2.16. The number of aryl methyl sites for hydroxylation is 1. The maximum absolute atomic E-state index is 12.1. The molecule has 1 N–H and O–H groups in total. The molecule has 0 aliphatic heterocycles. The van der Waals surface area contributed by atoms with Crippen LogP contribution in [0.5, 0.6) is 0 Å². The first-order valence-corrected chi connectivity index (χ1v) is 7.58. The van der Waals surface area contributed by atoms with E-state index < -0.39 is 5.97 Å². The van der Waals surface area contributed by atoms with Gasteiger partial charge in [0.15, 0.2) is 0 Å². The van der Waals surface area contributed by atoms with Crippen LogP contribution in [0.4, 0.5) is 5.00 Å². The van der Waals surface area contributed by atoms with E-state index in [-0.39, 0.29) is 12.3 Å². The predicted molar refractivity (Wildman–Crippen MR) is 83.8 cm³/mol. The molecule has 0 radical (unpaired) electrons. The third kappa shape index (κ3) is 4.16. The summed E-state index contributed by atoms with van der Waals surface area (Å²) in [5.41, 5.74) is 2.46. The van der Waals surface area contributed by atoms with E-state index in [1.165, 1.54) is 11.3 Å². The number of amides is 1. The minimum absolute atomic E-state index is 0.145. The van der Waals surface area contributed by atoms with Crippen LogP contribution in [0.1, 0.15) is 28.4 Å². The molecule has 0 atom stereocenters. The number of esters is 1.